The molecule has 152 valence electrons. The third-order valence-electron chi connectivity index (χ3n) is 4.66. The second-order valence-electron chi connectivity index (χ2n) is 6.81. The van der Waals surface area contributed by atoms with Gasteiger partial charge < -0.3 is 19.5 Å². The van der Waals surface area contributed by atoms with E-state index in [4.69, 9.17) is 28.6 Å². The lowest BCUT2D eigenvalue weighted by atomic mass is 10.2. The Labute approximate surface area is 182 Å². The zero-order valence-electron chi connectivity index (χ0n) is 16.6. The minimum absolute atomic E-state index is 0.678. The number of aryl methyl sites for hydroxylation is 2. The Hall–Kier alpha value is -2.57. The van der Waals surface area contributed by atoms with Gasteiger partial charge in [0.15, 0.2) is 5.11 Å². The standard InChI is InChI=1S/C22H25ClN4OS/c1-17-4-7-19(23)14-21(17)25-22(29)27(12-3-11-26-13-10-24-16-26)15-18-5-8-20(28-2)9-6-18/h4-10,13-14,16H,3,11-12,15H2,1-2H3,(H,25,29). The minimum Gasteiger partial charge on any atom is -0.497 e. The predicted molar refractivity (Wildman–Crippen MR) is 123 cm³/mol. The smallest absolute Gasteiger partial charge is 0.173 e. The number of imidazole rings is 1. The maximum atomic E-state index is 6.16. The molecule has 0 spiro atoms. The summed E-state index contributed by atoms with van der Waals surface area (Å²) in [6, 6.07) is 13.8. The molecule has 0 aliphatic rings. The molecular weight excluding hydrogens is 404 g/mol. The maximum absolute atomic E-state index is 6.16. The van der Waals surface area contributed by atoms with Crippen LogP contribution in [-0.4, -0.2) is 33.2 Å². The Kier molecular flexibility index (Phi) is 7.49. The third kappa shape index (κ3) is 6.21. The summed E-state index contributed by atoms with van der Waals surface area (Å²) < 4.78 is 7.33. The Morgan fingerprint density at radius 3 is 2.72 bits per heavy atom. The quantitative estimate of drug-likeness (QED) is 0.503. The Bertz CT molecular complexity index is 928. The normalized spacial score (nSPS) is 10.6. The van der Waals surface area contributed by atoms with Crippen LogP contribution in [0.4, 0.5) is 5.69 Å². The molecular formula is C22H25ClN4OS. The van der Waals surface area contributed by atoms with Gasteiger partial charge in [-0.2, -0.15) is 0 Å². The molecule has 3 rings (SSSR count). The van der Waals surface area contributed by atoms with Gasteiger partial charge in [0.1, 0.15) is 5.75 Å². The maximum Gasteiger partial charge on any atom is 0.173 e. The molecule has 0 fully saturated rings. The molecule has 0 atom stereocenters. The highest BCUT2D eigenvalue weighted by Crippen LogP contribution is 2.21. The molecule has 0 radical (unpaired) electrons. The molecule has 29 heavy (non-hydrogen) atoms. The van der Waals surface area contributed by atoms with E-state index in [1.54, 1.807) is 13.3 Å². The van der Waals surface area contributed by atoms with Crippen LogP contribution in [0.3, 0.4) is 0 Å². The number of thiocarbonyl (C=S) groups is 1. The Balaban J connectivity index is 1.70. The molecule has 2 aromatic carbocycles. The van der Waals surface area contributed by atoms with E-state index in [-0.39, 0.29) is 0 Å². The second-order valence-corrected chi connectivity index (χ2v) is 7.64. The zero-order chi connectivity index (χ0) is 20.6. The number of nitrogens with zero attached hydrogens (tertiary/aromatic N) is 3. The molecule has 0 saturated carbocycles. The van der Waals surface area contributed by atoms with E-state index < -0.39 is 0 Å². The highest BCUT2D eigenvalue weighted by molar-refractivity contribution is 7.80. The fraction of sp³-hybridized carbons (Fsp3) is 0.273. The van der Waals surface area contributed by atoms with Gasteiger partial charge in [-0.3, -0.25) is 0 Å². The van der Waals surface area contributed by atoms with Crippen molar-refractivity contribution in [3.63, 3.8) is 0 Å². The largest absolute Gasteiger partial charge is 0.497 e. The monoisotopic (exact) mass is 428 g/mol. The summed E-state index contributed by atoms with van der Waals surface area (Å²) in [6.45, 7) is 4.45. The lowest BCUT2D eigenvalue weighted by Gasteiger charge is -2.27. The summed E-state index contributed by atoms with van der Waals surface area (Å²) in [4.78, 5) is 6.27. The van der Waals surface area contributed by atoms with E-state index in [2.05, 4.69) is 31.9 Å². The van der Waals surface area contributed by atoms with Crippen molar-refractivity contribution in [3.8, 4) is 5.75 Å². The summed E-state index contributed by atoms with van der Waals surface area (Å²) in [5.41, 5.74) is 3.19. The minimum atomic E-state index is 0.678. The van der Waals surface area contributed by atoms with Crippen molar-refractivity contribution in [3.05, 3.63) is 77.3 Å². The van der Waals surface area contributed by atoms with E-state index in [9.17, 15) is 0 Å². The number of rotatable bonds is 8. The molecule has 1 aromatic heterocycles. The Morgan fingerprint density at radius 2 is 2.03 bits per heavy atom. The molecule has 5 nitrogen and oxygen atoms in total. The van der Waals surface area contributed by atoms with Crippen LogP contribution in [0, 0.1) is 6.92 Å². The van der Waals surface area contributed by atoms with Gasteiger partial charge in [0.05, 0.1) is 13.4 Å². The van der Waals surface area contributed by atoms with Crippen LogP contribution < -0.4 is 10.1 Å². The first-order valence-electron chi connectivity index (χ1n) is 9.46. The second kappa shape index (κ2) is 10.3. The average Bonchev–Trinajstić information content (AvgIpc) is 3.24. The van der Waals surface area contributed by atoms with Gasteiger partial charge in [-0.15, -0.1) is 0 Å². The first-order valence-corrected chi connectivity index (χ1v) is 10.2. The third-order valence-corrected chi connectivity index (χ3v) is 5.26. The van der Waals surface area contributed by atoms with Gasteiger partial charge in [-0.1, -0.05) is 29.8 Å². The summed E-state index contributed by atoms with van der Waals surface area (Å²) >= 11 is 11.9. The van der Waals surface area contributed by atoms with Crippen molar-refractivity contribution < 1.29 is 4.74 Å². The summed E-state index contributed by atoms with van der Waals surface area (Å²) in [6.07, 6.45) is 6.55. The molecule has 3 aromatic rings. The zero-order valence-corrected chi connectivity index (χ0v) is 18.2. The van der Waals surface area contributed by atoms with Crippen LogP contribution >= 0.6 is 23.8 Å². The lowest BCUT2D eigenvalue weighted by molar-refractivity contribution is 0.394. The van der Waals surface area contributed by atoms with Crippen molar-refractivity contribution in [2.24, 2.45) is 0 Å². The highest BCUT2D eigenvalue weighted by Gasteiger charge is 2.12. The fourth-order valence-electron chi connectivity index (χ4n) is 2.99. The molecule has 1 heterocycles. The van der Waals surface area contributed by atoms with Gasteiger partial charge in [-0.05, 0) is 61.0 Å². The molecule has 0 bridgehead atoms. The van der Waals surface area contributed by atoms with E-state index in [0.29, 0.717) is 16.7 Å². The molecule has 0 aliphatic heterocycles. The van der Waals surface area contributed by atoms with Gasteiger partial charge in [0.25, 0.3) is 0 Å². The van der Waals surface area contributed by atoms with Crippen molar-refractivity contribution >= 4 is 34.6 Å². The van der Waals surface area contributed by atoms with Crippen LogP contribution in [0.15, 0.2) is 61.2 Å². The number of ether oxygens (including phenoxy) is 1. The number of benzene rings is 2. The van der Waals surface area contributed by atoms with Gasteiger partial charge in [0.2, 0.25) is 0 Å². The molecule has 0 amide bonds. The average molecular weight is 429 g/mol. The van der Waals surface area contributed by atoms with Crippen LogP contribution in [0.25, 0.3) is 0 Å². The van der Waals surface area contributed by atoms with E-state index in [1.807, 2.05) is 49.8 Å². The summed E-state index contributed by atoms with van der Waals surface area (Å²) in [5.74, 6) is 0.843. The first kappa shape index (κ1) is 21.1. The van der Waals surface area contributed by atoms with Crippen molar-refractivity contribution in [1.82, 2.24) is 14.5 Å². The van der Waals surface area contributed by atoms with Gasteiger partial charge >= 0.3 is 0 Å². The molecule has 7 heteroatoms. The van der Waals surface area contributed by atoms with Gasteiger partial charge in [-0.25, -0.2) is 4.98 Å². The number of halogens is 1. The van der Waals surface area contributed by atoms with Crippen molar-refractivity contribution in [1.29, 1.82) is 0 Å². The number of hydrogen-bond acceptors (Lipinski definition) is 3. The van der Waals surface area contributed by atoms with Crippen molar-refractivity contribution in [2.45, 2.75) is 26.4 Å². The molecule has 0 saturated heterocycles. The number of methoxy groups -OCH3 is 1. The number of nitrogens with one attached hydrogen (secondary N) is 1. The highest BCUT2D eigenvalue weighted by atomic mass is 35.5. The van der Waals surface area contributed by atoms with Crippen LogP contribution in [0.2, 0.25) is 5.02 Å². The molecule has 0 unspecified atom stereocenters. The van der Waals surface area contributed by atoms with Crippen LogP contribution in [0.5, 0.6) is 5.75 Å². The SMILES string of the molecule is COc1ccc(CN(CCCn2ccnc2)C(=S)Nc2cc(Cl)ccc2C)cc1. The first-order chi connectivity index (χ1) is 14.0. The van der Waals surface area contributed by atoms with Gasteiger partial charge in [0, 0.05) is 42.7 Å². The Morgan fingerprint density at radius 1 is 1.24 bits per heavy atom. The molecule has 0 aliphatic carbocycles. The van der Waals surface area contributed by atoms with E-state index in [0.717, 1.165) is 36.5 Å². The predicted octanol–water partition coefficient (Wildman–Crippen LogP) is 5.14. The number of anilines is 1. The van der Waals surface area contributed by atoms with Crippen LogP contribution in [-0.2, 0) is 13.1 Å². The number of hydrogen-bond donors (Lipinski definition) is 1. The van der Waals surface area contributed by atoms with E-state index in [1.165, 1.54) is 5.56 Å². The van der Waals surface area contributed by atoms with Crippen molar-refractivity contribution in [2.75, 3.05) is 19.0 Å². The lowest BCUT2D eigenvalue weighted by Crippen LogP contribution is -2.35. The van der Waals surface area contributed by atoms with Crippen LogP contribution in [0.1, 0.15) is 17.5 Å². The fourth-order valence-corrected chi connectivity index (χ4v) is 3.43. The summed E-state index contributed by atoms with van der Waals surface area (Å²) in [5, 5.41) is 4.73. The topological polar surface area (TPSA) is 42.3 Å². The summed E-state index contributed by atoms with van der Waals surface area (Å²) in [7, 11) is 1.67. The number of aromatic nitrogens is 2. The van der Waals surface area contributed by atoms with E-state index >= 15 is 0 Å². The molecule has 1 N–H and O–H groups in total.